The lowest BCUT2D eigenvalue weighted by atomic mass is 9.89. The first kappa shape index (κ1) is 32.8. The van der Waals surface area contributed by atoms with Gasteiger partial charge in [0.1, 0.15) is 22.8 Å². The number of benzene rings is 2. The number of hydrogen-bond acceptors (Lipinski definition) is 8. The normalized spacial score (nSPS) is 26.7. The van der Waals surface area contributed by atoms with Crippen LogP contribution >= 0.6 is 0 Å². The van der Waals surface area contributed by atoms with Gasteiger partial charge in [0, 0.05) is 60.7 Å². The average Bonchev–Trinajstić information content (AvgIpc) is 3.60. The van der Waals surface area contributed by atoms with Crippen LogP contribution in [0.2, 0.25) is 0 Å². The smallest absolute Gasteiger partial charge is 0.463 e. The summed E-state index contributed by atoms with van der Waals surface area (Å²) < 4.78 is 81.3. The summed E-state index contributed by atoms with van der Waals surface area (Å²) in [6, 6.07) is 8.87. The van der Waals surface area contributed by atoms with Crippen LogP contribution in [-0.2, 0) is 11.2 Å². The third kappa shape index (κ3) is 5.76. The zero-order valence-electron chi connectivity index (χ0n) is 28.1. The molecule has 6 heterocycles. The molecule has 1 N–H and O–H groups in total. The lowest BCUT2D eigenvalue weighted by Crippen LogP contribution is -2.60. The molecule has 1 aliphatic carbocycles. The Hall–Kier alpha value is -4.12. The van der Waals surface area contributed by atoms with E-state index in [-0.39, 0.29) is 65.4 Å². The Bertz CT molecular complexity index is 2100. The number of pyridine rings is 1. The number of likely N-dealkylation sites (tertiary alicyclic amines) is 1. The Morgan fingerprint density at radius 3 is 2.67 bits per heavy atom. The number of alkyl halides is 3. The van der Waals surface area contributed by atoms with E-state index < -0.39 is 24.1 Å². The van der Waals surface area contributed by atoms with Crippen molar-refractivity contribution in [2.24, 2.45) is 11.3 Å². The third-order valence-electron chi connectivity index (χ3n) is 11.6. The van der Waals surface area contributed by atoms with Crippen molar-refractivity contribution in [1.82, 2.24) is 25.2 Å². The minimum absolute atomic E-state index is 0.0378. The first-order valence-electron chi connectivity index (χ1n) is 17.7. The lowest BCUT2D eigenvalue weighted by molar-refractivity contribution is -0.340. The maximum Gasteiger partial charge on any atom is 0.522 e. The van der Waals surface area contributed by atoms with Gasteiger partial charge >= 0.3 is 12.4 Å². The molecule has 4 fully saturated rings. The van der Waals surface area contributed by atoms with E-state index in [2.05, 4.69) is 27.8 Å². The summed E-state index contributed by atoms with van der Waals surface area (Å²) >= 11 is 0. The summed E-state index contributed by atoms with van der Waals surface area (Å²) in [5.41, 5.74) is 0.941. The molecule has 2 aromatic heterocycles. The van der Waals surface area contributed by atoms with Crippen molar-refractivity contribution >= 4 is 27.5 Å². The quantitative estimate of drug-likeness (QED) is 0.176. The number of terminal acetylenes is 1. The summed E-state index contributed by atoms with van der Waals surface area (Å²) in [6.45, 7) is 4.40. The van der Waals surface area contributed by atoms with Crippen molar-refractivity contribution in [3.8, 4) is 29.6 Å². The molecular formula is C38H37F5N6O2. The van der Waals surface area contributed by atoms with E-state index in [9.17, 15) is 13.2 Å². The van der Waals surface area contributed by atoms with Gasteiger partial charge in [-0.2, -0.15) is 9.97 Å². The second-order valence-corrected chi connectivity index (χ2v) is 15.1. The van der Waals surface area contributed by atoms with Gasteiger partial charge in [-0.25, -0.2) is 13.8 Å². The van der Waals surface area contributed by atoms with Crippen molar-refractivity contribution < 1.29 is 31.4 Å². The van der Waals surface area contributed by atoms with Crippen LogP contribution in [0.1, 0.15) is 50.3 Å². The molecule has 0 amide bonds. The van der Waals surface area contributed by atoms with E-state index >= 15 is 8.78 Å². The maximum atomic E-state index is 17.2. The highest BCUT2D eigenvalue weighted by atomic mass is 19.4. The summed E-state index contributed by atoms with van der Waals surface area (Å²) in [4.78, 5) is 19.0. The molecular weight excluding hydrogens is 667 g/mol. The zero-order valence-corrected chi connectivity index (χ0v) is 28.1. The fraction of sp³-hybridized carbons (Fsp3) is 0.500. The van der Waals surface area contributed by atoms with E-state index in [4.69, 9.17) is 26.1 Å². The highest BCUT2D eigenvalue weighted by Crippen LogP contribution is 2.48. The number of piperazine rings is 1. The van der Waals surface area contributed by atoms with Gasteiger partial charge < -0.3 is 15.0 Å². The maximum absolute atomic E-state index is 17.2. The van der Waals surface area contributed by atoms with Crippen LogP contribution in [0.4, 0.5) is 27.8 Å². The Balaban J connectivity index is 1.12. The minimum Gasteiger partial charge on any atom is -0.463 e. The van der Waals surface area contributed by atoms with E-state index in [0.717, 1.165) is 25.7 Å². The van der Waals surface area contributed by atoms with Crippen molar-refractivity contribution in [2.45, 2.75) is 76.0 Å². The van der Waals surface area contributed by atoms with Crippen molar-refractivity contribution in [1.29, 1.82) is 0 Å². The van der Waals surface area contributed by atoms with Crippen molar-refractivity contribution in [3.05, 3.63) is 53.2 Å². The van der Waals surface area contributed by atoms with Gasteiger partial charge in [0.05, 0.1) is 29.4 Å². The van der Waals surface area contributed by atoms with Crippen molar-refractivity contribution in [2.75, 3.05) is 37.7 Å². The van der Waals surface area contributed by atoms with E-state index in [0.29, 0.717) is 65.7 Å². The Kier molecular flexibility index (Phi) is 7.69. The monoisotopic (exact) mass is 704 g/mol. The second kappa shape index (κ2) is 12.0. The number of fused-ring (bicyclic) bond motifs is 6. The molecule has 2 bridgehead atoms. The van der Waals surface area contributed by atoms with Crippen LogP contribution in [-0.4, -0.2) is 83.2 Å². The Labute approximate surface area is 291 Å². The van der Waals surface area contributed by atoms with Gasteiger partial charge in [-0.3, -0.25) is 9.64 Å². The number of rotatable bonds is 7. The number of aromatic nitrogens is 3. The van der Waals surface area contributed by atoms with Gasteiger partial charge in [0.25, 0.3) is 0 Å². The number of nitrogens with one attached hydrogen (secondary N) is 1. The number of halogens is 5. The van der Waals surface area contributed by atoms with Crippen LogP contribution < -0.4 is 15.0 Å². The molecule has 1 saturated carbocycles. The van der Waals surface area contributed by atoms with Gasteiger partial charge in [-0.05, 0) is 55.9 Å². The molecule has 2 aromatic carbocycles. The molecule has 8 nitrogen and oxygen atoms in total. The van der Waals surface area contributed by atoms with Crippen molar-refractivity contribution in [3.63, 3.8) is 0 Å². The summed E-state index contributed by atoms with van der Waals surface area (Å²) in [5, 5.41) is 5.39. The van der Waals surface area contributed by atoms with E-state index in [1.54, 1.807) is 24.3 Å². The topological polar surface area (TPSA) is 75.6 Å². The fourth-order valence-electron chi connectivity index (χ4n) is 9.14. The highest BCUT2D eigenvalue weighted by molar-refractivity contribution is 6.02. The first-order valence-corrected chi connectivity index (χ1v) is 17.7. The number of hydrogen-bond donors (Lipinski definition) is 1. The molecule has 51 heavy (non-hydrogen) atoms. The fourth-order valence-corrected chi connectivity index (χ4v) is 9.14. The van der Waals surface area contributed by atoms with E-state index in [1.807, 2.05) is 4.90 Å². The van der Waals surface area contributed by atoms with Gasteiger partial charge in [-0.1, -0.05) is 37.1 Å². The molecule has 0 unspecified atom stereocenters. The molecule has 4 aliphatic heterocycles. The number of nitrogens with zero attached hydrogens (tertiary/aromatic N) is 5. The number of ether oxygens (including phenoxy) is 2. The Morgan fingerprint density at radius 2 is 1.88 bits per heavy atom. The summed E-state index contributed by atoms with van der Waals surface area (Å²) in [7, 11) is 0. The summed E-state index contributed by atoms with van der Waals surface area (Å²) in [6.07, 6.45) is 4.87. The molecule has 9 rings (SSSR count). The van der Waals surface area contributed by atoms with Crippen LogP contribution in [0.5, 0.6) is 6.01 Å². The molecule has 0 radical (unpaired) electrons. The summed E-state index contributed by atoms with van der Waals surface area (Å²) in [5.74, 6) is 1.96. The second-order valence-electron chi connectivity index (χ2n) is 15.1. The van der Waals surface area contributed by atoms with Gasteiger partial charge in [-0.15, -0.1) is 19.6 Å². The predicted molar refractivity (Wildman–Crippen MR) is 181 cm³/mol. The first-order chi connectivity index (χ1) is 24.5. The minimum atomic E-state index is -4.66. The molecule has 4 aromatic rings. The Morgan fingerprint density at radius 1 is 1.04 bits per heavy atom. The van der Waals surface area contributed by atoms with Crippen LogP contribution in [0, 0.1) is 35.3 Å². The SMILES string of the molecule is C#Cc1c(F)ccc2cccc(-c3nc4c5c(nc(OCC6(CN7CC[C@H](OC(F)(F)F)C7)CC6)nc5c3F)N3C[C@H]5CC[C@H](N5)[C@@H]3[C@@H](C)C4)c12. The average molecular weight is 705 g/mol. The predicted octanol–water partition coefficient (Wildman–Crippen LogP) is 6.38. The standard InChI is InChI=1S/C38H37F5N6O2/c1-3-24-26(39)9-7-21-5-4-6-25(29(21)24)32-31(40)33-30-28(45-32)15-20(2)34-27-10-8-22(44-27)16-49(34)35(30)47-36(46-33)50-19-37(12-13-37)18-48-14-11-23(17-48)51-38(41,42)43/h1,4-7,9,20,22-23,27,34,44H,8,10-19H2,2H3/t20-,22+,23-,27-,34-/m0/s1. The van der Waals surface area contributed by atoms with Gasteiger partial charge in [0.15, 0.2) is 5.82 Å². The van der Waals surface area contributed by atoms with E-state index in [1.165, 1.54) is 6.07 Å². The van der Waals surface area contributed by atoms with Crippen LogP contribution in [0.25, 0.3) is 32.9 Å². The van der Waals surface area contributed by atoms with Crippen LogP contribution in [0.3, 0.4) is 0 Å². The molecule has 266 valence electrons. The third-order valence-corrected chi connectivity index (χ3v) is 11.6. The largest absolute Gasteiger partial charge is 0.522 e. The van der Waals surface area contributed by atoms with Crippen LogP contribution in [0.15, 0.2) is 30.3 Å². The number of anilines is 1. The zero-order chi connectivity index (χ0) is 35.2. The molecule has 5 aliphatic rings. The lowest BCUT2D eigenvalue weighted by Gasteiger charge is -2.43. The van der Waals surface area contributed by atoms with Gasteiger partial charge in [0.2, 0.25) is 0 Å². The highest BCUT2D eigenvalue weighted by Gasteiger charge is 2.48. The molecule has 3 saturated heterocycles. The molecule has 0 spiro atoms. The molecule has 5 atom stereocenters. The molecule has 13 heteroatoms.